The summed E-state index contributed by atoms with van der Waals surface area (Å²) in [7, 11) is 1.62. The quantitative estimate of drug-likeness (QED) is 0.305. The van der Waals surface area contributed by atoms with E-state index in [-0.39, 0.29) is 17.8 Å². The standard InChI is InChI=1S/C25H31BrN4O3S/c1-15(2)13-30-24(18(5)33-22-10-8-7-9-21(22)32-6)28-29-25(30)34-14-23(31)27-20-12-17(4)16(3)11-19(20)26/h7-12,15,18H,13-14H2,1-6H3,(H,27,31). The van der Waals surface area contributed by atoms with Gasteiger partial charge in [0.25, 0.3) is 0 Å². The van der Waals surface area contributed by atoms with Gasteiger partial charge in [0, 0.05) is 11.0 Å². The summed E-state index contributed by atoms with van der Waals surface area (Å²) < 4.78 is 14.5. The minimum atomic E-state index is -0.350. The number of carbonyl (C=O) groups excluding carboxylic acids is 1. The van der Waals surface area contributed by atoms with Crippen LogP contribution in [0.1, 0.15) is 43.8 Å². The molecule has 0 radical (unpaired) electrons. The SMILES string of the molecule is COc1ccccc1OC(C)c1nnc(SCC(=O)Nc2cc(C)c(C)cc2Br)n1CC(C)C. The lowest BCUT2D eigenvalue weighted by molar-refractivity contribution is -0.113. The number of carbonyl (C=O) groups is 1. The lowest BCUT2D eigenvalue weighted by Crippen LogP contribution is -2.17. The first kappa shape index (κ1) is 26.1. The van der Waals surface area contributed by atoms with Crippen LogP contribution >= 0.6 is 27.7 Å². The minimum Gasteiger partial charge on any atom is -0.493 e. The van der Waals surface area contributed by atoms with E-state index in [2.05, 4.69) is 45.3 Å². The van der Waals surface area contributed by atoms with E-state index in [0.29, 0.717) is 34.9 Å². The number of aryl methyl sites for hydroxylation is 2. The smallest absolute Gasteiger partial charge is 0.234 e. The highest BCUT2D eigenvalue weighted by molar-refractivity contribution is 9.10. The summed E-state index contributed by atoms with van der Waals surface area (Å²) in [6, 6.07) is 11.5. The minimum absolute atomic E-state index is 0.104. The van der Waals surface area contributed by atoms with Gasteiger partial charge in [-0.15, -0.1) is 10.2 Å². The second-order valence-electron chi connectivity index (χ2n) is 8.51. The maximum Gasteiger partial charge on any atom is 0.234 e. The highest BCUT2D eigenvalue weighted by Gasteiger charge is 2.22. The molecule has 0 spiro atoms. The fourth-order valence-corrected chi connectivity index (χ4v) is 4.71. The molecule has 0 saturated heterocycles. The Morgan fingerprint density at radius 3 is 2.47 bits per heavy atom. The molecule has 1 atom stereocenters. The molecule has 1 N–H and O–H groups in total. The third-order valence-corrected chi connectivity index (χ3v) is 6.84. The van der Waals surface area contributed by atoms with Gasteiger partial charge in [-0.25, -0.2) is 0 Å². The number of anilines is 1. The predicted octanol–water partition coefficient (Wildman–Crippen LogP) is 6.19. The third-order valence-electron chi connectivity index (χ3n) is 5.22. The van der Waals surface area contributed by atoms with E-state index in [4.69, 9.17) is 9.47 Å². The van der Waals surface area contributed by atoms with E-state index in [1.807, 2.05) is 61.7 Å². The molecule has 9 heteroatoms. The Kier molecular flexibility index (Phi) is 9.02. The van der Waals surface area contributed by atoms with Crippen molar-refractivity contribution in [2.24, 2.45) is 5.92 Å². The molecule has 0 bridgehead atoms. The molecule has 0 aliphatic heterocycles. The Morgan fingerprint density at radius 1 is 1.12 bits per heavy atom. The number of methoxy groups -OCH3 is 1. The van der Waals surface area contributed by atoms with Gasteiger partial charge in [-0.1, -0.05) is 37.7 Å². The molecule has 0 fully saturated rings. The second kappa shape index (κ2) is 11.8. The molecule has 1 unspecified atom stereocenters. The Hall–Kier alpha value is -2.52. The Balaban J connectivity index is 1.73. The predicted molar refractivity (Wildman–Crippen MR) is 140 cm³/mol. The van der Waals surface area contributed by atoms with Crippen molar-refractivity contribution in [3.05, 3.63) is 57.8 Å². The van der Waals surface area contributed by atoms with Crippen LogP contribution in [0, 0.1) is 19.8 Å². The Labute approximate surface area is 213 Å². The molecular formula is C25H31BrN4O3S. The molecule has 1 aromatic heterocycles. The van der Waals surface area contributed by atoms with E-state index in [1.165, 1.54) is 11.8 Å². The summed E-state index contributed by atoms with van der Waals surface area (Å²) in [5.41, 5.74) is 3.05. The van der Waals surface area contributed by atoms with Crippen LogP contribution in [0.4, 0.5) is 5.69 Å². The first-order valence-electron chi connectivity index (χ1n) is 11.1. The molecule has 0 aliphatic rings. The van der Waals surface area contributed by atoms with Gasteiger partial charge in [0.15, 0.2) is 28.6 Å². The molecule has 3 aromatic rings. The average Bonchev–Trinajstić information content (AvgIpc) is 3.18. The van der Waals surface area contributed by atoms with Crippen molar-refractivity contribution in [1.29, 1.82) is 0 Å². The molecule has 7 nitrogen and oxygen atoms in total. The van der Waals surface area contributed by atoms with Crippen molar-refractivity contribution in [3.63, 3.8) is 0 Å². The van der Waals surface area contributed by atoms with Gasteiger partial charge in [-0.3, -0.25) is 4.79 Å². The zero-order chi connectivity index (χ0) is 24.8. The van der Waals surface area contributed by atoms with Crippen LogP contribution in [-0.2, 0) is 11.3 Å². The van der Waals surface area contributed by atoms with Crippen molar-refractivity contribution in [1.82, 2.24) is 14.8 Å². The van der Waals surface area contributed by atoms with Gasteiger partial charge >= 0.3 is 0 Å². The molecule has 0 aliphatic carbocycles. The molecule has 2 aromatic carbocycles. The Morgan fingerprint density at radius 2 is 1.79 bits per heavy atom. The van der Waals surface area contributed by atoms with Gasteiger partial charge in [0.1, 0.15) is 0 Å². The average molecular weight is 548 g/mol. The van der Waals surface area contributed by atoms with Gasteiger partial charge in [-0.2, -0.15) is 0 Å². The monoisotopic (exact) mass is 546 g/mol. The van der Waals surface area contributed by atoms with Crippen LogP contribution in [-0.4, -0.2) is 33.5 Å². The number of halogens is 1. The lowest BCUT2D eigenvalue weighted by Gasteiger charge is -2.19. The summed E-state index contributed by atoms with van der Waals surface area (Å²) in [6.45, 7) is 11.0. The van der Waals surface area contributed by atoms with Crippen LogP contribution in [0.2, 0.25) is 0 Å². The first-order valence-corrected chi connectivity index (χ1v) is 12.9. The number of rotatable bonds is 10. The number of amides is 1. The van der Waals surface area contributed by atoms with E-state index in [1.54, 1.807) is 7.11 Å². The molecule has 1 amide bonds. The first-order chi connectivity index (χ1) is 16.2. The fourth-order valence-electron chi connectivity index (χ4n) is 3.40. The number of nitrogens with one attached hydrogen (secondary N) is 1. The molecule has 34 heavy (non-hydrogen) atoms. The summed E-state index contributed by atoms with van der Waals surface area (Å²) >= 11 is 4.89. The maximum absolute atomic E-state index is 12.7. The number of benzene rings is 2. The molecule has 182 valence electrons. The number of para-hydroxylation sites is 2. The number of nitrogens with zero attached hydrogens (tertiary/aromatic N) is 3. The van der Waals surface area contributed by atoms with Gasteiger partial charge < -0.3 is 19.4 Å². The van der Waals surface area contributed by atoms with Crippen molar-refractivity contribution in [2.75, 3.05) is 18.2 Å². The summed E-state index contributed by atoms with van der Waals surface area (Å²) in [5.74, 6) is 2.49. The number of hydrogen-bond acceptors (Lipinski definition) is 6. The zero-order valence-corrected chi connectivity index (χ0v) is 22.8. The van der Waals surface area contributed by atoms with Crippen LogP contribution in [0.5, 0.6) is 11.5 Å². The summed E-state index contributed by atoms with van der Waals surface area (Å²) in [5, 5.41) is 12.4. The van der Waals surface area contributed by atoms with Crippen molar-refractivity contribution >= 4 is 39.3 Å². The Bertz CT molecular complexity index is 1150. The van der Waals surface area contributed by atoms with E-state index < -0.39 is 0 Å². The largest absolute Gasteiger partial charge is 0.493 e. The van der Waals surface area contributed by atoms with Crippen LogP contribution < -0.4 is 14.8 Å². The molecule has 3 rings (SSSR count). The van der Waals surface area contributed by atoms with Crippen molar-refractivity contribution in [2.45, 2.75) is 52.4 Å². The third kappa shape index (κ3) is 6.54. The second-order valence-corrected chi connectivity index (χ2v) is 10.3. The van der Waals surface area contributed by atoms with Crippen molar-refractivity contribution in [3.8, 4) is 11.5 Å². The summed E-state index contributed by atoms with van der Waals surface area (Å²) in [4.78, 5) is 12.7. The van der Waals surface area contributed by atoms with Crippen LogP contribution in [0.3, 0.4) is 0 Å². The van der Waals surface area contributed by atoms with Crippen LogP contribution in [0.15, 0.2) is 46.0 Å². The number of aromatic nitrogens is 3. The van der Waals surface area contributed by atoms with Crippen molar-refractivity contribution < 1.29 is 14.3 Å². The molecule has 0 saturated carbocycles. The highest BCUT2D eigenvalue weighted by Crippen LogP contribution is 2.32. The zero-order valence-electron chi connectivity index (χ0n) is 20.4. The van der Waals surface area contributed by atoms with E-state index >= 15 is 0 Å². The maximum atomic E-state index is 12.7. The van der Waals surface area contributed by atoms with Crippen LogP contribution in [0.25, 0.3) is 0 Å². The lowest BCUT2D eigenvalue weighted by atomic mass is 10.1. The molecular weight excluding hydrogens is 516 g/mol. The summed E-state index contributed by atoms with van der Waals surface area (Å²) in [6.07, 6.45) is -0.350. The number of ether oxygens (including phenoxy) is 2. The molecule has 1 heterocycles. The number of hydrogen-bond donors (Lipinski definition) is 1. The van der Waals surface area contributed by atoms with E-state index in [0.717, 1.165) is 21.3 Å². The van der Waals surface area contributed by atoms with Gasteiger partial charge in [0.05, 0.1) is 18.6 Å². The number of thioether (sulfide) groups is 1. The van der Waals surface area contributed by atoms with Gasteiger partial charge in [0.2, 0.25) is 5.91 Å². The normalized spacial score (nSPS) is 12.0. The topological polar surface area (TPSA) is 78.3 Å². The fraction of sp³-hybridized carbons (Fsp3) is 0.400. The highest BCUT2D eigenvalue weighted by atomic mass is 79.9. The van der Waals surface area contributed by atoms with Gasteiger partial charge in [-0.05, 0) is 78.0 Å². The van der Waals surface area contributed by atoms with E-state index in [9.17, 15) is 4.79 Å².